The molecule has 5 amide bonds. The molecule has 0 aliphatic carbocycles. The number of piperidine rings is 1. The standard InChI is InChI=1S/C21H23N7O5/c22-25-23-8-2-5-17(30)27-11-9-26(10-12-27)14-4-1-3-13-18(14)21(33)28(20(13)32)15-6-7-16(29)24-19(15)31/h1,3-4,15H,2,5-12H2,(H,24,29,31). The van der Waals surface area contributed by atoms with E-state index in [2.05, 4.69) is 15.3 Å². The van der Waals surface area contributed by atoms with E-state index < -0.39 is 29.7 Å². The summed E-state index contributed by atoms with van der Waals surface area (Å²) in [5, 5.41) is 5.63. The first-order valence-electron chi connectivity index (χ1n) is 10.8. The highest BCUT2D eigenvalue weighted by molar-refractivity contribution is 6.25. The summed E-state index contributed by atoms with van der Waals surface area (Å²) in [7, 11) is 0. The number of hydrogen-bond donors (Lipinski definition) is 1. The fourth-order valence-corrected chi connectivity index (χ4v) is 4.46. The van der Waals surface area contributed by atoms with Crippen molar-refractivity contribution >= 4 is 35.2 Å². The number of nitrogens with one attached hydrogen (secondary N) is 1. The summed E-state index contributed by atoms with van der Waals surface area (Å²) in [6.07, 6.45) is 0.956. The lowest BCUT2D eigenvalue weighted by atomic mass is 10.0. The fraction of sp³-hybridized carbons (Fsp3) is 0.476. The molecule has 0 saturated carbocycles. The van der Waals surface area contributed by atoms with Crippen molar-refractivity contribution in [2.24, 2.45) is 5.11 Å². The summed E-state index contributed by atoms with van der Waals surface area (Å²) in [5.41, 5.74) is 9.39. The minimum atomic E-state index is -1.01. The maximum Gasteiger partial charge on any atom is 0.264 e. The summed E-state index contributed by atoms with van der Waals surface area (Å²) >= 11 is 0. The molecule has 0 bridgehead atoms. The van der Waals surface area contributed by atoms with Crippen molar-refractivity contribution in [1.29, 1.82) is 0 Å². The van der Waals surface area contributed by atoms with Gasteiger partial charge in [0.15, 0.2) is 0 Å². The van der Waals surface area contributed by atoms with Gasteiger partial charge in [0, 0.05) is 50.5 Å². The first-order valence-corrected chi connectivity index (χ1v) is 10.8. The van der Waals surface area contributed by atoms with Gasteiger partial charge in [-0.15, -0.1) is 0 Å². The minimum Gasteiger partial charge on any atom is -0.367 e. The van der Waals surface area contributed by atoms with Crippen LogP contribution >= 0.6 is 0 Å². The van der Waals surface area contributed by atoms with Crippen LogP contribution in [0, 0.1) is 0 Å². The molecule has 172 valence electrons. The molecule has 1 unspecified atom stereocenters. The number of azide groups is 1. The molecule has 0 spiro atoms. The Morgan fingerprint density at radius 3 is 2.58 bits per heavy atom. The van der Waals surface area contributed by atoms with Gasteiger partial charge in [0.2, 0.25) is 17.7 Å². The van der Waals surface area contributed by atoms with Gasteiger partial charge < -0.3 is 9.80 Å². The molecule has 33 heavy (non-hydrogen) atoms. The Morgan fingerprint density at radius 1 is 1.12 bits per heavy atom. The molecule has 3 aliphatic heterocycles. The zero-order valence-electron chi connectivity index (χ0n) is 17.9. The van der Waals surface area contributed by atoms with E-state index in [-0.39, 0.29) is 36.4 Å². The van der Waals surface area contributed by atoms with Gasteiger partial charge in [-0.3, -0.25) is 34.2 Å². The van der Waals surface area contributed by atoms with E-state index in [1.54, 1.807) is 23.1 Å². The second kappa shape index (κ2) is 9.29. The van der Waals surface area contributed by atoms with Crippen molar-refractivity contribution in [3.63, 3.8) is 0 Å². The Bertz CT molecular complexity index is 1070. The van der Waals surface area contributed by atoms with Crippen molar-refractivity contribution in [3.05, 3.63) is 39.8 Å². The number of hydrogen-bond acceptors (Lipinski definition) is 7. The summed E-state index contributed by atoms with van der Waals surface area (Å²) in [5.74, 6) is -2.16. The second-order valence-electron chi connectivity index (χ2n) is 8.07. The summed E-state index contributed by atoms with van der Waals surface area (Å²) < 4.78 is 0. The van der Waals surface area contributed by atoms with Crippen molar-refractivity contribution in [2.45, 2.75) is 31.7 Å². The first kappa shape index (κ1) is 22.3. The number of nitrogens with zero attached hydrogens (tertiary/aromatic N) is 6. The number of imide groups is 2. The van der Waals surface area contributed by atoms with E-state index in [9.17, 15) is 24.0 Å². The van der Waals surface area contributed by atoms with E-state index in [1.165, 1.54) is 0 Å². The smallest absolute Gasteiger partial charge is 0.264 e. The van der Waals surface area contributed by atoms with Crippen molar-refractivity contribution in [2.75, 3.05) is 37.6 Å². The van der Waals surface area contributed by atoms with Gasteiger partial charge in [0.1, 0.15) is 6.04 Å². The summed E-state index contributed by atoms with van der Waals surface area (Å²) in [6.45, 7) is 2.17. The minimum absolute atomic E-state index is 0.0173. The van der Waals surface area contributed by atoms with Crippen LogP contribution in [-0.2, 0) is 14.4 Å². The van der Waals surface area contributed by atoms with Gasteiger partial charge in [0.05, 0.1) is 16.8 Å². The van der Waals surface area contributed by atoms with E-state index >= 15 is 0 Å². The predicted octanol–water partition coefficient (Wildman–Crippen LogP) is 0.827. The highest BCUT2D eigenvalue weighted by atomic mass is 16.2. The molecule has 1 aromatic carbocycles. The molecule has 2 saturated heterocycles. The van der Waals surface area contributed by atoms with E-state index in [1.807, 2.05) is 4.90 Å². The molecule has 0 radical (unpaired) electrons. The number of anilines is 1. The molecule has 3 heterocycles. The third-order valence-electron chi connectivity index (χ3n) is 6.13. The Labute approximate surface area is 189 Å². The Morgan fingerprint density at radius 2 is 1.88 bits per heavy atom. The van der Waals surface area contributed by atoms with Gasteiger partial charge in [-0.2, -0.15) is 0 Å². The number of piperazine rings is 1. The lowest BCUT2D eigenvalue weighted by Gasteiger charge is -2.37. The number of amides is 5. The average molecular weight is 453 g/mol. The number of benzene rings is 1. The second-order valence-corrected chi connectivity index (χ2v) is 8.07. The molecule has 12 nitrogen and oxygen atoms in total. The molecule has 1 aromatic rings. The van der Waals surface area contributed by atoms with Crippen LogP contribution in [0.1, 0.15) is 46.4 Å². The topological polar surface area (TPSA) is 156 Å². The van der Waals surface area contributed by atoms with Crippen LogP contribution in [0.2, 0.25) is 0 Å². The van der Waals surface area contributed by atoms with Crippen LogP contribution in [0.5, 0.6) is 0 Å². The van der Waals surface area contributed by atoms with E-state index in [0.29, 0.717) is 44.7 Å². The zero-order valence-corrected chi connectivity index (χ0v) is 17.9. The lowest BCUT2D eigenvalue weighted by Crippen LogP contribution is -2.54. The van der Waals surface area contributed by atoms with Crippen LogP contribution in [-0.4, -0.2) is 78.1 Å². The zero-order chi connectivity index (χ0) is 23.5. The van der Waals surface area contributed by atoms with E-state index in [0.717, 1.165) is 4.90 Å². The predicted molar refractivity (Wildman–Crippen MR) is 115 cm³/mol. The quantitative estimate of drug-likeness (QED) is 0.221. The maximum absolute atomic E-state index is 13.3. The molecule has 0 aromatic heterocycles. The van der Waals surface area contributed by atoms with Crippen LogP contribution in [0.15, 0.2) is 23.3 Å². The van der Waals surface area contributed by atoms with Gasteiger partial charge in [-0.1, -0.05) is 11.2 Å². The summed E-state index contributed by atoms with van der Waals surface area (Å²) in [6, 6.07) is 4.01. The van der Waals surface area contributed by atoms with E-state index in [4.69, 9.17) is 5.53 Å². The molecule has 1 atom stereocenters. The molecule has 2 fully saturated rings. The normalized spacial score (nSPS) is 20.5. The van der Waals surface area contributed by atoms with Crippen molar-refractivity contribution < 1.29 is 24.0 Å². The Kier molecular flexibility index (Phi) is 6.27. The Hall–Kier alpha value is -3.92. The lowest BCUT2D eigenvalue weighted by molar-refractivity contribution is -0.136. The van der Waals surface area contributed by atoms with Crippen molar-refractivity contribution in [3.8, 4) is 0 Å². The number of fused-ring (bicyclic) bond motifs is 1. The highest BCUT2D eigenvalue weighted by Crippen LogP contribution is 2.34. The van der Waals surface area contributed by atoms with Crippen LogP contribution < -0.4 is 10.2 Å². The largest absolute Gasteiger partial charge is 0.367 e. The highest BCUT2D eigenvalue weighted by Gasteiger charge is 2.46. The average Bonchev–Trinajstić information content (AvgIpc) is 3.07. The monoisotopic (exact) mass is 453 g/mol. The van der Waals surface area contributed by atoms with Gasteiger partial charge >= 0.3 is 0 Å². The van der Waals surface area contributed by atoms with Gasteiger partial charge in [-0.25, -0.2) is 0 Å². The maximum atomic E-state index is 13.3. The molecular weight excluding hydrogens is 430 g/mol. The SMILES string of the molecule is [N-]=[N+]=NCCCC(=O)N1CCN(c2cccc3c2C(=O)N(C2CCC(=O)NC2=O)C3=O)CC1. The number of rotatable bonds is 6. The number of carbonyl (C=O) groups is 5. The third kappa shape index (κ3) is 4.24. The van der Waals surface area contributed by atoms with Gasteiger partial charge in [-0.05, 0) is 30.5 Å². The third-order valence-corrected chi connectivity index (χ3v) is 6.13. The van der Waals surface area contributed by atoms with Crippen LogP contribution in [0.25, 0.3) is 10.4 Å². The molecule has 4 rings (SSSR count). The number of carbonyl (C=O) groups excluding carboxylic acids is 5. The molecule has 12 heteroatoms. The van der Waals surface area contributed by atoms with Crippen LogP contribution in [0.3, 0.4) is 0 Å². The molecule has 3 aliphatic rings. The van der Waals surface area contributed by atoms with Crippen LogP contribution in [0.4, 0.5) is 5.69 Å². The first-order chi connectivity index (χ1) is 15.9. The Balaban J connectivity index is 1.46. The molecular formula is C21H23N7O5. The van der Waals surface area contributed by atoms with Crippen molar-refractivity contribution in [1.82, 2.24) is 15.1 Å². The summed E-state index contributed by atoms with van der Waals surface area (Å²) in [4.78, 5) is 69.7. The molecule has 1 N–H and O–H groups in total. The van der Waals surface area contributed by atoms with Gasteiger partial charge in [0.25, 0.3) is 11.8 Å². The fourth-order valence-electron chi connectivity index (χ4n) is 4.46.